The number of rotatable bonds is 4. The van der Waals surface area contributed by atoms with Crippen molar-refractivity contribution in [3.8, 4) is 5.75 Å². The van der Waals surface area contributed by atoms with Crippen LogP contribution in [-0.4, -0.2) is 30.9 Å². The Bertz CT molecular complexity index is 532. The van der Waals surface area contributed by atoms with Crippen LogP contribution in [-0.2, 0) is 6.42 Å². The van der Waals surface area contributed by atoms with Gasteiger partial charge in [-0.25, -0.2) is 0 Å². The smallest absolute Gasteiger partial charge is 0.162 e. The molecule has 1 atom stereocenters. The summed E-state index contributed by atoms with van der Waals surface area (Å²) in [6.07, 6.45) is 6.54. The minimum atomic E-state index is 0.264. The molecule has 1 aliphatic heterocycles. The highest BCUT2D eigenvalue weighted by Crippen LogP contribution is 2.42. The van der Waals surface area contributed by atoms with Crippen molar-refractivity contribution in [3.05, 3.63) is 28.8 Å². The topological polar surface area (TPSA) is 29.5 Å². The Labute approximate surface area is 127 Å². The Morgan fingerprint density at radius 2 is 2.05 bits per heavy atom. The van der Waals surface area contributed by atoms with Crippen molar-refractivity contribution < 1.29 is 9.53 Å². The molecular weight excluding hydrogens is 262 g/mol. The molecule has 1 aliphatic carbocycles. The van der Waals surface area contributed by atoms with E-state index in [9.17, 15) is 4.79 Å². The van der Waals surface area contributed by atoms with Crippen molar-refractivity contribution >= 4 is 5.78 Å². The molecule has 1 aromatic rings. The first-order valence-corrected chi connectivity index (χ1v) is 8.23. The predicted octanol–water partition coefficient (Wildman–Crippen LogP) is 3.76. The molecule has 0 amide bonds. The highest BCUT2D eigenvalue weighted by Gasteiger charge is 2.32. The van der Waals surface area contributed by atoms with Gasteiger partial charge >= 0.3 is 0 Å². The number of hydrogen-bond donors (Lipinski definition) is 0. The van der Waals surface area contributed by atoms with Crippen LogP contribution in [0.1, 0.15) is 66.6 Å². The summed E-state index contributed by atoms with van der Waals surface area (Å²) in [6.45, 7) is 4.29. The highest BCUT2D eigenvalue weighted by molar-refractivity contribution is 5.98. The van der Waals surface area contributed by atoms with Crippen molar-refractivity contribution in [1.29, 1.82) is 0 Å². The second-order valence-corrected chi connectivity index (χ2v) is 6.14. The van der Waals surface area contributed by atoms with Crippen LogP contribution in [0.15, 0.2) is 12.1 Å². The Balaban J connectivity index is 2.10. The molecule has 1 saturated heterocycles. The fraction of sp³-hybridized carbons (Fsp3) is 0.611. The Kier molecular flexibility index (Phi) is 4.29. The van der Waals surface area contributed by atoms with Gasteiger partial charge in [-0.15, -0.1) is 0 Å². The summed E-state index contributed by atoms with van der Waals surface area (Å²) in [5, 5.41) is 0. The number of fused-ring (bicyclic) bond motifs is 1. The van der Waals surface area contributed by atoms with Gasteiger partial charge in [0.05, 0.1) is 7.11 Å². The third-order valence-electron chi connectivity index (χ3n) is 4.97. The van der Waals surface area contributed by atoms with Crippen molar-refractivity contribution in [2.45, 2.75) is 51.5 Å². The highest BCUT2D eigenvalue weighted by atomic mass is 16.5. The second kappa shape index (κ2) is 6.18. The minimum absolute atomic E-state index is 0.264. The van der Waals surface area contributed by atoms with E-state index in [1.165, 1.54) is 49.9 Å². The molecule has 0 unspecified atom stereocenters. The average molecular weight is 287 g/mol. The number of ketones is 1. The van der Waals surface area contributed by atoms with E-state index in [1.54, 1.807) is 7.11 Å². The lowest BCUT2D eigenvalue weighted by Gasteiger charge is -2.35. The van der Waals surface area contributed by atoms with Crippen molar-refractivity contribution in [1.82, 2.24) is 4.90 Å². The number of Topliss-reactive ketones (excluding diaryl/α,β-unsaturated/α-hetero) is 1. The van der Waals surface area contributed by atoms with Gasteiger partial charge in [-0.1, -0.05) is 6.92 Å². The predicted molar refractivity (Wildman–Crippen MR) is 84.1 cm³/mol. The van der Waals surface area contributed by atoms with Crippen LogP contribution in [0.2, 0.25) is 0 Å². The van der Waals surface area contributed by atoms with Crippen LogP contribution < -0.4 is 4.74 Å². The maximum atomic E-state index is 12.4. The summed E-state index contributed by atoms with van der Waals surface area (Å²) in [6, 6.07) is 4.38. The van der Waals surface area contributed by atoms with Gasteiger partial charge in [0.1, 0.15) is 5.75 Å². The molecule has 0 bridgehead atoms. The van der Waals surface area contributed by atoms with E-state index in [0.29, 0.717) is 12.5 Å². The third kappa shape index (κ3) is 2.59. The summed E-state index contributed by atoms with van der Waals surface area (Å²) in [4.78, 5) is 15.0. The normalized spacial score (nSPS) is 22.1. The number of carbonyl (C=O) groups excluding carboxylic acids is 1. The zero-order valence-electron chi connectivity index (χ0n) is 13.2. The van der Waals surface area contributed by atoms with Gasteiger partial charge in [0, 0.05) is 18.0 Å². The average Bonchev–Trinajstić information content (AvgIpc) is 3.06. The molecule has 1 fully saturated rings. The second-order valence-electron chi connectivity index (χ2n) is 6.14. The first-order chi connectivity index (χ1) is 10.3. The molecule has 1 aromatic carbocycles. The summed E-state index contributed by atoms with van der Waals surface area (Å²) in [7, 11) is 1.73. The van der Waals surface area contributed by atoms with E-state index < -0.39 is 0 Å². The van der Waals surface area contributed by atoms with Crippen LogP contribution >= 0.6 is 0 Å². The fourth-order valence-corrected chi connectivity index (χ4v) is 3.94. The third-order valence-corrected chi connectivity index (χ3v) is 4.97. The molecule has 1 heterocycles. The zero-order chi connectivity index (χ0) is 14.8. The Hall–Kier alpha value is -1.35. The van der Waals surface area contributed by atoms with Crippen LogP contribution in [0.3, 0.4) is 0 Å². The van der Waals surface area contributed by atoms with Crippen molar-refractivity contribution in [3.63, 3.8) is 0 Å². The maximum absolute atomic E-state index is 12.4. The zero-order valence-corrected chi connectivity index (χ0v) is 13.2. The molecule has 114 valence electrons. The first kappa shape index (κ1) is 14.6. The molecule has 3 heteroatoms. The summed E-state index contributed by atoms with van der Waals surface area (Å²) in [5.74, 6) is 1.22. The molecule has 0 radical (unpaired) electrons. The van der Waals surface area contributed by atoms with E-state index in [2.05, 4.69) is 4.90 Å². The van der Waals surface area contributed by atoms with Crippen LogP contribution in [0.25, 0.3) is 0 Å². The maximum Gasteiger partial charge on any atom is 0.162 e. The van der Waals surface area contributed by atoms with Gasteiger partial charge < -0.3 is 4.74 Å². The van der Waals surface area contributed by atoms with Gasteiger partial charge in [-0.3, -0.25) is 9.69 Å². The van der Waals surface area contributed by atoms with Gasteiger partial charge in [0.25, 0.3) is 0 Å². The van der Waals surface area contributed by atoms with Crippen molar-refractivity contribution in [2.75, 3.05) is 20.2 Å². The fourth-order valence-electron chi connectivity index (χ4n) is 3.94. The molecule has 0 aromatic heterocycles. The van der Waals surface area contributed by atoms with Gasteiger partial charge in [-0.05, 0) is 68.5 Å². The number of benzene rings is 1. The van der Waals surface area contributed by atoms with Gasteiger partial charge in [0.15, 0.2) is 5.78 Å². The molecular formula is C18H25NO2. The van der Waals surface area contributed by atoms with E-state index >= 15 is 0 Å². The molecule has 0 saturated carbocycles. The SMILES string of the molecule is CCC(=O)c1ccc(OC)c2c1[C@H](N1CCCC1)CCC2. The number of hydrogen-bond acceptors (Lipinski definition) is 3. The van der Waals surface area contributed by atoms with E-state index in [4.69, 9.17) is 4.74 Å². The minimum Gasteiger partial charge on any atom is -0.496 e. The van der Waals surface area contributed by atoms with Crippen LogP contribution in [0.4, 0.5) is 0 Å². The summed E-state index contributed by atoms with van der Waals surface area (Å²) in [5.41, 5.74) is 3.49. The quantitative estimate of drug-likeness (QED) is 0.790. The lowest BCUT2D eigenvalue weighted by Crippen LogP contribution is -2.30. The van der Waals surface area contributed by atoms with E-state index in [-0.39, 0.29) is 5.78 Å². The standard InChI is InChI=1S/C18H25NO2/c1-3-16(20)13-9-10-17(21-2)14-7-6-8-15(18(13)14)19-11-4-5-12-19/h9-10,15H,3-8,11-12H2,1-2H3/t15-/m1/s1. The lowest BCUT2D eigenvalue weighted by atomic mass is 9.82. The molecule has 3 nitrogen and oxygen atoms in total. The van der Waals surface area contributed by atoms with E-state index in [1.807, 2.05) is 19.1 Å². The number of likely N-dealkylation sites (tertiary alicyclic amines) is 1. The number of methoxy groups -OCH3 is 1. The molecule has 3 rings (SSSR count). The molecule has 21 heavy (non-hydrogen) atoms. The Morgan fingerprint density at radius 1 is 1.29 bits per heavy atom. The van der Waals surface area contributed by atoms with Crippen LogP contribution in [0, 0.1) is 0 Å². The number of carbonyl (C=O) groups is 1. The van der Waals surface area contributed by atoms with Crippen molar-refractivity contribution in [2.24, 2.45) is 0 Å². The monoisotopic (exact) mass is 287 g/mol. The first-order valence-electron chi connectivity index (χ1n) is 8.23. The number of nitrogens with zero attached hydrogens (tertiary/aromatic N) is 1. The lowest BCUT2D eigenvalue weighted by molar-refractivity contribution is 0.0983. The molecule has 0 spiro atoms. The molecule has 2 aliphatic rings. The van der Waals surface area contributed by atoms with Crippen LogP contribution in [0.5, 0.6) is 5.75 Å². The molecule has 0 N–H and O–H groups in total. The van der Waals surface area contributed by atoms with Gasteiger partial charge in [-0.2, -0.15) is 0 Å². The largest absolute Gasteiger partial charge is 0.496 e. The summed E-state index contributed by atoms with van der Waals surface area (Å²) < 4.78 is 5.56. The van der Waals surface area contributed by atoms with Gasteiger partial charge in [0.2, 0.25) is 0 Å². The number of ether oxygens (including phenoxy) is 1. The summed E-state index contributed by atoms with van der Waals surface area (Å²) >= 11 is 0. The van der Waals surface area contributed by atoms with E-state index in [0.717, 1.165) is 17.7 Å². The Morgan fingerprint density at radius 3 is 2.71 bits per heavy atom.